The maximum Gasteiger partial charge on any atom is 0.127 e. The highest BCUT2D eigenvalue weighted by Crippen LogP contribution is 2.41. The number of benzene rings is 2. The van der Waals surface area contributed by atoms with Gasteiger partial charge >= 0.3 is 0 Å². The van der Waals surface area contributed by atoms with Gasteiger partial charge in [0.2, 0.25) is 0 Å². The van der Waals surface area contributed by atoms with Crippen LogP contribution in [0.25, 0.3) is 0 Å². The summed E-state index contributed by atoms with van der Waals surface area (Å²) in [6.07, 6.45) is 1.99. The maximum atomic E-state index is 6.11. The fourth-order valence-corrected chi connectivity index (χ4v) is 5.24. The Morgan fingerprint density at radius 1 is 0.613 bits per heavy atom. The van der Waals surface area contributed by atoms with Gasteiger partial charge in [0.1, 0.15) is 11.5 Å². The molecule has 0 fully saturated rings. The zero-order valence-electron chi connectivity index (χ0n) is 18.8. The Kier molecular flexibility index (Phi) is 11.4. The Morgan fingerprint density at radius 3 is 1.13 bits per heavy atom. The minimum absolute atomic E-state index is 0.172. The van der Waals surface area contributed by atoms with E-state index in [0.29, 0.717) is 0 Å². The molecule has 2 aromatic carbocycles. The van der Waals surface area contributed by atoms with Crippen LogP contribution in [0.3, 0.4) is 0 Å². The van der Waals surface area contributed by atoms with E-state index in [1.165, 1.54) is 33.4 Å². The molecule has 0 saturated carbocycles. The number of alkyl halides is 4. The van der Waals surface area contributed by atoms with Gasteiger partial charge in [-0.25, -0.2) is 0 Å². The van der Waals surface area contributed by atoms with Crippen LogP contribution in [-0.4, -0.2) is 13.2 Å². The Bertz CT molecular complexity index is 745. The lowest BCUT2D eigenvalue weighted by Gasteiger charge is -2.30. The normalized spacial score (nSPS) is 11.6. The highest BCUT2D eigenvalue weighted by Gasteiger charge is 2.28. The molecule has 0 radical (unpaired) electrons. The van der Waals surface area contributed by atoms with E-state index in [2.05, 4.69) is 116 Å². The summed E-state index contributed by atoms with van der Waals surface area (Å²) in [4.78, 5) is 0. The summed E-state index contributed by atoms with van der Waals surface area (Å²) >= 11 is 14.7. The van der Waals surface area contributed by atoms with Crippen molar-refractivity contribution in [2.24, 2.45) is 0 Å². The van der Waals surface area contributed by atoms with Gasteiger partial charge < -0.3 is 9.47 Å². The maximum absolute atomic E-state index is 6.11. The molecule has 0 aliphatic carbocycles. The highest BCUT2D eigenvalue weighted by atomic mass is 79.9. The van der Waals surface area contributed by atoms with Gasteiger partial charge in [0.25, 0.3) is 0 Å². The quantitative estimate of drug-likeness (QED) is 0.208. The number of halogens is 4. The second-order valence-electron chi connectivity index (χ2n) is 8.10. The van der Waals surface area contributed by atoms with Crippen molar-refractivity contribution >= 4 is 63.7 Å². The zero-order chi connectivity index (χ0) is 23.0. The largest absolute Gasteiger partial charge is 0.493 e. The average Bonchev–Trinajstić information content (AvgIpc) is 2.79. The lowest BCUT2D eigenvalue weighted by molar-refractivity contribution is 0.312. The van der Waals surface area contributed by atoms with E-state index in [1.807, 2.05) is 0 Å². The molecule has 0 bridgehead atoms. The van der Waals surface area contributed by atoms with E-state index in [0.717, 1.165) is 58.9 Å². The molecule has 0 aliphatic rings. The SMILES string of the molecule is CCCOc1c(CBr)cc(C(C)(C)c2cc(CBr)c(OCCC)c(CBr)c2)cc1CBr. The van der Waals surface area contributed by atoms with E-state index < -0.39 is 0 Å². The minimum Gasteiger partial charge on any atom is -0.493 e. The summed E-state index contributed by atoms with van der Waals surface area (Å²) in [6, 6.07) is 9.15. The summed E-state index contributed by atoms with van der Waals surface area (Å²) in [7, 11) is 0. The second-order valence-corrected chi connectivity index (χ2v) is 10.3. The molecule has 0 heterocycles. The molecule has 0 amide bonds. The molecule has 0 aliphatic heterocycles. The molecule has 0 aromatic heterocycles. The molecular formula is C25H32Br4O2. The molecule has 2 rings (SSSR count). The predicted octanol–water partition coefficient (Wildman–Crippen LogP) is 9.17. The van der Waals surface area contributed by atoms with Crippen LogP contribution in [0, 0.1) is 0 Å². The molecule has 2 nitrogen and oxygen atoms in total. The first-order chi connectivity index (χ1) is 14.9. The number of rotatable bonds is 12. The minimum atomic E-state index is -0.172. The average molecular weight is 684 g/mol. The van der Waals surface area contributed by atoms with E-state index in [-0.39, 0.29) is 5.41 Å². The van der Waals surface area contributed by atoms with Crippen LogP contribution in [0.4, 0.5) is 0 Å². The van der Waals surface area contributed by atoms with Gasteiger partial charge in [-0.2, -0.15) is 0 Å². The van der Waals surface area contributed by atoms with Crippen LogP contribution in [0.2, 0.25) is 0 Å². The third kappa shape index (κ3) is 6.51. The third-order valence-corrected chi connectivity index (χ3v) is 7.82. The van der Waals surface area contributed by atoms with Crippen LogP contribution in [0.1, 0.15) is 73.9 Å². The van der Waals surface area contributed by atoms with Crippen molar-refractivity contribution in [1.29, 1.82) is 0 Å². The van der Waals surface area contributed by atoms with Crippen molar-refractivity contribution in [3.05, 3.63) is 57.6 Å². The zero-order valence-corrected chi connectivity index (χ0v) is 25.1. The van der Waals surface area contributed by atoms with Crippen molar-refractivity contribution in [3.8, 4) is 11.5 Å². The Balaban J connectivity index is 2.60. The van der Waals surface area contributed by atoms with Gasteiger partial charge in [-0.05, 0) is 24.0 Å². The lowest BCUT2D eigenvalue weighted by Crippen LogP contribution is -2.21. The van der Waals surface area contributed by atoms with Gasteiger partial charge in [0.05, 0.1) is 13.2 Å². The van der Waals surface area contributed by atoms with Crippen LogP contribution >= 0.6 is 63.7 Å². The van der Waals surface area contributed by atoms with Crippen molar-refractivity contribution in [3.63, 3.8) is 0 Å². The Labute approximate surface area is 221 Å². The van der Waals surface area contributed by atoms with Crippen LogP contribution in [0.15, 0.2) is 24.3 Å². The molecular weight excluding hydrogens is 652 g/mol. The first kappa shape index (κ1) is 27.2. The Morgan fingerprint density at radius 2 is 0.903 bits per heavy atom. The molecule has 0 N–H and O–H groups in total. The molecule has 2 aromatic rings. The van der Waals surface area contributed by atoms with Crippen LogP contribution < -0.4 is 9.47 Å². The number of hydrogen-bond acceptors (Lipinski definition) is 2. The van der Waals surface area contributed by atoms with E-state index in [1.54, 1.807) is 0 Å². The molecule has 0 saturated heterocycles. The van der Waals surface area contributed by atoms with Crippen molar-refractivity contribution in [2.45, 2.75) is 67.3 Å². The van der Waals surface area contributed by atoms with E-state index >= 15 is 0 Å². The standard InChI is InChI=1S/C25H32Br4O2/c1-5-7-30-23-17(13-26)9-21(10-18(23)14-27)25(3,4)22-11-19(15-28)24(31-8-6-2)20(12-22)16-29/h9-12H,5-8,13-16H2,1-4H3. The molecule has 172 valence electrons. The Hall–Kier alpha value is -0.0400. The molecule has 0 atom stereocenters. The first-order valence-corrected chi connectivity index (χ1v) is 15.2. The van der Waals surface area contributed by atoms with E-state index in [9.17, 15) is 0 Å². The number of hydrogen-bond donors (Lipinski definition) is 0. The fourth-order valence-electron chi connectivity index (χ4n) is 3.57. The molecule has 31 heavy (non-hydrogen) atoms. The van der Waals surface area contributed by atoms with Gasteiger partial charge in [0, 0.05) is 49.0 Å². The monoisotopic (exact) mass is 680 g/mol. The van der Waals surface area contributed by atoms with Crippen molar-refractivity contribution < 1.29 is 9.47 Å². The van der Waals surface area contributed by atoms with Crippen LogP contribution in [-0.2, 0) is 26.7 Å². The summed E-state index contributed by atoms with van der Waals surface area (Å²) in [5.41, 5.74) is 7.16. The van der Waals surface area contributed by atoms with E-state index in [4.69, 9.17) is 9.47 Å². The van der Waals surface area contributed by atoms with Crippen LogP contribution in [0.5, 0.6) is 11.5 Å². The molecule has 6 heteroatoms. The summed E-state index contributed by atoms with van der Waals surface area (Å²) in [5.74, 6) is 2.00. The van der Waals surface area contributed by atoms with Gasteiger partial charge in [-0.15, -0.1) is 0 Å². The number of ether oxygens (including phenoxy) is 2. The highest BCUT2D eigenvalue weighted by molar-refractivity contribution is 9.09. The summed E-state index contributed by atoms with van der Waals surface area (Å²) in [6.45, 7) is 10.3. The first-order valence-electron chi connectivity index (χ1n) is 10.7. The second kappa shape index (κ2) is 13.0. The predicted molar refractivity (Wildman–Crippen MR) is 147 cm³/mol. The van der Waals surface area contributed by atoms with Crippen molar-refractivity contribution in [2.75, 3.05) is 13.2 Å². The fraction of sp³-hybridized carbons (Fsp3) is 0.520. The lowest BCUT2D eigenvalue weighted by atomic mass is 9.76. The van der Waals surface area contributed by atoms with Gasteiger partial charge in [-0.3, -0.25) is 0 Å². The van der Waals surface area contributed by atoms with Crippen molar-refractivity contribution in [1.82, 2.24) is 0 Å². The molecule has 0 unspecified atom stereocenters. The summed E-state index contributed by atoms with van der Waals surface area (Å²) in [5, 5.41) is 3.05. The molecule has 0 spiro atoms. The summed E-state index contributed by atoms with van der Waals surface area (Å²) < 4.78 is 12.2. The topological polar surface area (TPSA) is 18.5 Å². The third-order valence-electron chi connectivity index (χ3n) is 5.41. The smallest absolute Gasteiger partial charge is 0.127 e. The van der Waals surface area contributed by atoms with Gasteiger partial charge in [0.15, 0.2) is 0 Å². The van der Waals surface area contributed by atoms with Gasteiger partial charge in [-0.1, -0.05) is 116 Å².